The average Bonchev–Trinajstić information content (AvgIpc) is 3.09. The van der Waals surface area contributed by atoms with E-state index >= 15 is 0 Å². The van der Waals surface area contributed by atoms with Gasteiger partial charge in [-0.2, -0.15) is 8.78 Å². The summed E-state index contributed by atoms with van der Waals surface area (Å²) in [5.74, 6) is -1.28. The highest BCUT2D eigenvalue weighted by atomic mass is 127. The maximum atomic E-state index is 14.1. The first-order valence-corrected chi connectivity index (χ1v) is 8.63. The fraction of sp³-hybridized carbons (Fsp3) is 0.467. The molecule has 0 bridgehead atoms. The first-order chi connectivity index (χ1) is 10.9. The van der Waals surface area contributed by atoms with Crippen molar-refractivity contribution < 1.29 is 27.8 Å². The summed E-state index contributed by atoms with van der Waals surface area (Å²) in [4.78, 5) is 25.0. The minimum absolute atomic E-state index is 0.0983. The van der Waals surface area contributed by atoms with Crippen molar-refractivity contribution in [2.45, 2.75) is 24.7 Å². The van der Waals surface area contributed by atoms with Crippen LogP contribution in [0.4, 0.5) is 13.6 Å². The number of rotatable bonds is 3. The van der Waals surface area contributed by atoms with Crippen LogP contribution in [0.25, 0.3) is 0 Å². The lowest BCUT2D eigenvalue weighted by Gasteiger charge is -2.24. The van der Waals surface area contributed by atoms with Crippen LogP contribution in [-0.4, -0.2) is 40.1 Å². The molecule has 3 atom stereocenters. The molecule has 2 heterocycles. The second kappa shape index (κ2) is 6.31. The van der Waals surface area contributed by atoms with Gasteiger partial charge in [-0.15, -0.1) is 0 Å². The quantitative estimate of drug-likeness (QED) is 0.539. The van der Waals surface area contributed by atoms with Crippen molar-refractivity contribution in [3.05, 3.63) is 35.9 Å². The number of amides is 2. The minimum Gasteiger partial charge on any atom is -0.382 e. The third-order valence-corrected chi connectivity index (χ3v) is 4.93. The van der Waals surface area contributed by atoms with Crippen molar-refractivity contribution in [3.8, 4) is 0 Å². The van der Waals surface area contributed by atoms with Gasteiger partial charge in [0.1, 0.15) is 0 Å². The van der Waals surface area contributed by atoms with Gasteiger partial charge in [0.2, 0.25) is 5.91 Å². The summed E-state index contributed by atoms with van der Waals surface area (Å²) in [6.07, 6.45) is -4.75. The van der Waals surface area contributed by atoms with Gasteiger partial charge in [0.05, 0.1) is 18.6 Å². The first kappa shape index (κ1) is 16.6. The number of carbonyl (C=O) groups excluding carboxylic acids is 2. The largest absolute Gasteiger partial charge is 0.427 e. The van der Waals surface area contributed by atoms with Crippen LogP contribution < -0.4 is 0 Å². The van der Waals surface area contributed by atoms with Gasteiger partial charge < -0.3 is 9.47 Å². The molecule has 0 radical (unpaired) electrons. The number of imide groups is 1. The van der Waals surface area contributed by atoms with E-state index in [9.17, 15) is 18.4 Å². The molecule has 3 rings (SSSR count). The van der Waals surface area contributed by atoms with Gasteiger partial charge in [-0.3, -0.25) is 4.79 Å². The molecule has 0 N–H and O–H groups in total. The van der Waals surface area contributed by atoms with Crippen molar-refractivity contribution >= 4 is 34.6 Å². The highest BCUT2D eigenvalue weighted by Crippen LogP contribution is 2.44. The predicted octanol–water partition coefficient (Wildman–Crippen LogP) is 3.14. The van der Waals surface area contributed by atoms with Crippen LogP contribution in [0.3, 0.4) is 0 Å². The summed E-state index contributed by atoms with van der Waals surface area (Å²) in [5, 5.41) is 0. The topological polar surface area (TPSA) is 55.8 Å². The maximum Gasteiger partial charge on any atom is 0.427 e. The molecule has 2 amide bonds. The van der Waals surface area contributed by atoms with Crippen LogP contribution in [-0.2, 0) is 14.3 Å². The van der Waals surface area contributed by atoms with E-state index in [0.29, 0.717) is 15.7 Å². The van der Waals surface area contributed by atoms with Crippen molar-refractivity contribution in [2.24, 2.45) is 5.92 Å². The number of ether oxygens (including phenoxy) is 2. The Morgan fingerprint density at radius 2 is 2.04 bits per heavy atom. The molecule has 2 saturated heterocycles. The van der Waals surface area contributed by atoms with Crippen molar-refractivity contribution in [2.75, 3.05) is 11.0 Å². The smallest absolute Gasteiger partial charge is 0.382 e. The zero-order chi connectivity index (χ0) is 16.6. The van der Waals surface area contributed by atoms with E-state index in [0.717, 1.165) is 0 Å². The third-order valence-electron chi connectivity index (χ3n) is 3.95. The highest BCUT2D eigenvalue weighted by Gasteiger charge is 2.60. The molecule has 2 aliphatic rings. The molecule has 3 unspecified atom stereocenters. The van der Waals surface area contributed by atoms with Gasteiger partial charge in [0, 0.05) is 4.43 Å². The fourth-order valence-corrected chi connectivity index (χ4v) is 3.47. The molecule has 0 aromatic heterocycles. The Kier molecular flexibility index (Phi) is 4.54. The van der Waals surface area contributed by atoms with Gasteiger partial charge >= 0.3 is 12.2 Å². The Morgan fingerprint density at radius 3 is 2.65 bits per heavy atom. The van der Waals surface area contributed by atoms with Gasteiger partial charge in [-0.1, -0.05) is 52.9 Å². The highest BCUT2D eigenvalue weighted by molar-refractivity contribution is 14.1. The third kappa shape index (κ3) is 3.06. The van der Waals surface area contributed by atoms with Crippen LogP contribution in [0.2, 0.25) is 0 Å². The second-order valence-electron chi connectivity index (χ2n) is 5.49. The minimum atomic E-state index is -3.75. The maximum absolute atomic E-state index is 14.1. The zero-order valence-electron chi connectivity index (χ0n) is 12.0. The number of hydrogen-bond acceptors (Lipinski definition) is 4. The molecule has 0 spiro atoms. The molecule has 2 aliphatic heterocycles. The summed E-state index contributed by atoms with van der Waals surface area (Å²) < 4.78 is 38.5. The Balaban J connectivity index is 1.89. The van der Waals surface area contributed by atoms with E-state index in [2.05, 4.69) is 27.3 Å². The summed E-state index contributed by atoms with van der Waals surface area (Å²) in [5.41, 5.74) is 0.154. The standard InChI is InChI=1S/C15H14F2INO4/c16-15(17)12(9-4-2-1-3-5-9)19(14(21)23-15)13(20)10-6-11(7-18)22-8-10/h1-5,10-12H,6-8H2. The molecule has 8 heteroatoms. The van der Waals surface area contributed by atoms with Crippen molar-refractivity contribution in [1.29, 1.82) is 0 Å². The monoisotopic (exact) mass is 437 g/mol. The summed E-state index contributed by atoms with van der Waals surface area (Å²) in [6, 6.07) is 5.95. The van der Waals surface area contributed by atoms with Gasteiger partial charge in [-0.25, -0.2) is 9.69 Å². The molecule has 0 saturated carbocycles. The second-order valence-corrected chi connectivity index (χ2v) is 6.37. The number of benzene rings is 1. The van der Waals surface area contributed by atoms with E-state index in [4.69, 9.17) is 4.74 Å². The normalized spacial score (nSPS) is 29.6. The average molecular weight is 437 g/mol. The number of halogens is 3. The molecule has 1 aromatic rings. The summed E-state index contributed by atoms with van der Waals surface area (Å²) in [7, 11) is 0. The number of carbonyl (C=O) groups is 2. The molecule has 5 nitrogen and oxygen atoms in total. The van der Waals surface area contributed by atoms with Crippen LogP contribution in [0.1, 0.15) is 18.0 Å². The molecule has 0 aliphatic carbocycles. The van der Waals surface area contributed by atoms with Crippen molar-refractivity contribution in [1.82, 2.24) is 4.90 Å². The fourth-order valence-electron chi connectivity index (χ4n) is 2.85. The van der Waals surface area contributed by atoms with E-state index in [-0.39, 0.29) is 18.3 Å². The Bertz CT molecular complexity index is 613. The summed E-state index contributed by atoms with van der Waals surface area (Å²) in [6.45, 7) is 0.128. The Morgan fingerprint density at radius 1 is 1.35 bits per heavy atom. The van der Waals surface area contributed by atoms with E-state index in [1.165, 1.54) is 12.1 Å². The van der Waals surface area contributed by atoms with Crippen LogP contribution in [0, 0.1) is 5.92 Å². The van der Waals surface area contributed by atoms with Gasteiger partial charge in [0.25, 0.3) is 0 Å². The lowest BCUT2D eigenvalue weighted by molar-refractivity contribution is -0.195. The SMILES string of the molecule is O=C1OC(F)(F)C(c2ccccc2)N1C(=O)C1COC(CI)C1. The predicted molar refractivity (Wildman–Crippen MR) is 84.2 cm³/mol. The molecule has 2 fully saturated rings. The van der Waals surface area contributed by atoms with E-state index < -0.39 is 30.1 Å². The number of hydrogen-bond donors (Lipinski definition) is 0. The zero-order valence-corrected chi connectivity index (χ0v) is 14.1. The molecule has 23 heavy (non-hydrogen) atoms. The molecule has 124 valence electrons. The van der Waals surface area contributed by atoms with Crippen LogP contribution >= 0.6 is 22.6 Å². The molecular formula is C15H14F2INO4. The van der Waals surface area contributed by atoms with Crippen LogP contribution in [0.15, 0.2) is 30.3 Å². The number of cyclic esters (lactones) is 1. The Labute approximate surface area is 145 Å². The number of alkyl halides is 3. The molecular weight excluding hydrogens is 423 g/mol. The first-order valence-electron chi connectivity index (χ1n) is 7.10. The number of nitrogens with zero attached hydrogens (tertiary/aromatic N) is 1. The van der Waals surface area contributed by atoms with Crippen LogP contribution in [0.5, 0.6) is 0 Å². The van der Waals surface area contributed by atoms with E-state index in [1.54, 1.807) is 18.2 Å². The molecule has 1 aromatic carbocycles. The summed E-state index contributed by atoms with van der Waals surface area (Å²) >= 11 is 2.13. The lowest BCUT2D eigenvalue weighted by atomic mass is 10.0. The van der Waals surface area contributed by atoms with E-state index in [1.807, 2.05) is 0 Å². The van der Waals surface area contributed by atoms with Gasteiger partial charge in [-0.05, 0) is 12.0 Å². The Hall–Kier alpha value is -1.29. The lowest BCUT2D eigenvalue weighted by Crippen LogP contribution is -2.41. The van der Waals surface area contributed by atoms with Gasteiger partial charge in [0.15, 0.2) is 6.04 Å². The van der Waals surface area contributed by atoms with Crippen molar-refractivity contribution in [3.63, 3.8) is 0 Å².